The van der Waals surface area contributed by atoms with E-state index in [1.165, 1.54) is 5.56 Å². The summed E-state index contributed by atoms with van der Waals surface area (Å²) in [5.41, 5.74) is 12.7. The lowest BCUT2D eigenvalue weighted by atomic mass is 9.97. The number of rotatable bonds is 7. The van der Waals surface area contributed by atoms with Crippen molar-refractivity contribution in [2.75, 3.05) is 4.90 Å². The number of furan rings is 2. The number of anilines is 3. The monoisotopic (exact) mass is 723 g/mol. The third-order valence-corrected chi connectivity index (χ3v) is 10.7. The van der Waals surface area contributed by atoms with Gasteiger partial charge in [0, 0.05) is 62.4 Å². The van der Waals surface area contributed by atoms with Crippen molar-refractivity contribution >= 4 is 74.3 Å². The van der Waals surface area contributed by atoms with E-state index < -0.39 is 0 Å². The Balaban J connectivity index is 1.10. The molecule has 6 aromatic carbocycles. The number of fused-ring (bicyclic) bond motifs is 6. The van der Waals surface area contributed by atoms with Crippen LogP contribution in [0.4, 0.5) is 17.1 Å². The summed E-state index contributed by atoms with van der Waals surface area (Å²) >= 11 is 0. The minimum Gasteiger partial charge on any atom is -0.460 e. The van der Waals surface area contributed by atoms with Crippen LogP contribution in [-0.2, 0) is 6.42 Å². The van der Waals surface area contributed by atoms with Gasteiger partial charge in [0.2, 0.25) is 0 Å². The smallest absolute Gasteiger partial charge is 0.159 e. The van der Waals surface area contributed by atoms with E-state index in [2.05, 4.69) is 150 Å². The lowest BCUT2D eigenvalue weighted by Crippen LogP contribution is -2.09. The Morgan fingerprint density at radius 2 is 1.38 bits per heavy atom. The van der Waals surface area contributed by atoms with Crippen LogP contribution in [0, 0.1) is 0 Å². The number of aryl methyl sites for hydroxylation is 1. The Hall–Kier alpha value is -7.24. The molecule has 56 heavy (non-hydrogen) atoms. The molecule has 268 valence electrons. The molecular formula is C51H37N3O2. The Bertz CT molecular complexity index is 2940. The van der Waals surface area contributed by atoms with Crippen LogP contribution < -0.4 is 4.90 Å². The van der Waals surface area contributed by atoms with E-state index in [-0.39, 0.29) is 0 Å². The molecule has 0 amide bonds. The number of amidine groups is 1. The summed E-state index contributed by atoms with van der Waals surface area (Å²) in [6, 6.07) is 48.4. The molecule has 2 aliphatic rings. The number of nitrogens with zero attached hydrogens (tertiary/aromatic N) is 3. The fourth-order valence-corrected chi connectivity index (χ4v) is 8.00. The quantitative estimate of drug-likeness (QED) is 0.121. The molecule has 0 N–H and O–H groups in total. The van der Waals surface area contributed by atoms with Gasteiger partial charge in [-0.25, -0.2) is 9.98 Å². The maximum absolute atomic E-state index is 6.53. The molecule has 0 bridgehead atoms. The van der Waals surface area contributed by atoms with Crippen molar-refractivity contribution in [3.63, 3.8) is 0 Å². The van der Waals surface area contributed by atoms with Crippen molar-refractivity contribution in [2.24, 2.45) is 9.98 Å². The van der Waals surface area contributed by atoms with Crippen LogP contribution in [0.3, 0.4) is 0 Å². The molecule has 10 rings (SSSR count). The standard InChI is InChI=1S/C51H37N3O2/c1-52-51(53-50(35-15-5-2-6-16-35)36-17-7-3-8-18-36)44-31-37(32-48-49(44)43-22-12-14-24-46(43)56-48)34-25-27-39(28-26-34)54(38-19-9-4-10-20-38)40-29-30-42-41-21-11-13-23-45(41)55-47(42)33-40/h2-12,14-17,19-22,24-33H,1,13,18,23H2/b50-36-,53-51?. The largest absolute Gasteiger partial charge is 0.460 e. The number of benzene rings is 6. The van der Waals surface area contributed by atoms with Gasteiger partial charge in [0.05, 0.1) is 5.70 Å². The van der Waals surface area contributed by atoms with E-state index in [0.717, 1.165) is 109 Å². The highest BCUT2D eigenvalue weighted by atomic mass is 16.3. The van der Waals surface area contributed by atoms with Gasteiger partial charge >= 0.3 is 0 Å². The number of hydrogen-bond donors (Lipinski definition) is 0. The van der Waals surface area contributed by atoms with Crippen LogP contribution in [0.2, 0.25) is 0 Å². The number of allylic oxidation sites excluding steroid dienone is 6. The molecule has 0 saturated heterocycles. The molecule has 5 nitrogen and oxygen atoms in total. The highest BCUT2D eigenvalue weighted by molar-refractivity contribution is 6.20. The first-order chi connectivity index (χ1) is 27.7. The van der Waals surface area contributed by atoms with Crippen molar-refractivity contribution in [1.82, 2.24) is 0 Å². The fourth-order valence-electron chi connectivity index (χ4n) is 8.00. The highest BCUT2D eigenvalue weighted by Gasteiger charge is 2.21. The lowest BCUT2D eigenvalue weighted by molar-refractivity contribution is 0.546. The Morgan fingerprint density at radius 1 is 0.607 bits per heavy atom. The molecule has 2 aromatic heterocycles. The summed E-state index contributed by atoms with van der Waals surface area (Å²) in [6.45, 7) is 4.05. The van der Waals surface area contributed by atoms with Crippen LogP contribution in [0.25, 0.3) is 55.8 Å². The zero-order chi connectivity index (χ0) is 37.4. The topological polar surface area (TPSA) is 54.2 Å². The summed E-state index contributed by atoms with van der Waals surface area (Å²) < 4.78 is 12.9. The summed E-state index contributed by atoms with van der Waals surface area (Å²) in [7, 11) is 0. The number of hydrogen-bond acceptors (Lipinski definition) is 4. The summed E-state index contributed by atoms with van der Waals surface area (Å²) in [5.74, 6) is 1.60. The van der Waals surface area contributed by atoms with Gasteiger partial charge in [-0.15, -0.1) is 0 Å². The van der Waals surface area contributed by atoms with E-state index in [0.29, 0.717) is 5.84 Å². The highest BCUT2D eigenvalue weighted by Crippen LogP contribution is 2.41. The molecule has 5 heteroatoms. The normalized spacial score (nSPS) is 14.8. The maximum Gasteiger partial charge on any atom is 0.159 e. The van der Waals surface area contributed by atoms with E-state index >= 15 is 0 Å². The minimum atomic E-state index is 0.537. The zero-order valence-corrected chi connectivity index (χ0v) is 30.7. The van der Waals surface area contributed by atoms with Crippen LogP contribution >= 0.6 is 0 Å². The van der Waals surface area contributed by atoms with E-state index in [9.17, 15) is 0 Å². The van der Waals surface area contributed by atoms with E-state index in [4.69, 9.17) is 13.8 Å². The summed E-state index contributed by atoms with van der Waals surface area (Å²) in [4.78, 5) is 12.2. The average Bonchev–Trinajstić information content (AvgIpc) is 3.83. The first kappa shape index (κ1) is 33.3. The number of para-hydroxylation sites is 2. The minimum absolute atomic E-state index is 0.537. The lowest BCUT2D eigenvalue weighted by Gasteiger charge is -2.25. The molecule has 2 heterocycles. The van der Waals surface area contributed by atoms with Gasteiger partial charge in [-0.3, -0.25) is 0 Å². The predicted molar refractivity (Wildman–Crippen MR) is 233 cm³/mol. The van der Waals surface area contributed by atoms with Crippen LogP contribution in [0.15, 0.2) is 194 Å². The third kappa shape index (κ3) is 6.00. The molecule has 0 fully saturated rings. The second-order valence-corrected chi connectivity index (χ2v) is 14.1. The Labute approximate surface area is 325 Å². The van der Waals surface area contributed by atoms with Gasteiger partial charge in [0.1, 0.15) is 22.5 Å². The molecule has 0 spiro atoms. The second-order valence-electron chi connectivity index (χ2n) is 14.1. The van der Waals surface area contributed by atoms with Crippen LogP contribution in [-0.4, -0.2) is 12.6 Å². The molecule has 0 unspecified atom stereocenters. The van der Waals surface area contributed by atoms with Gasteiger partial charge in [-0.2, -0.15) is 0 Å². The van der Waals surface area contributed by atoms with Crippen LogP contribution in [0.5, 0.6) is 0 Å². The van der Waals surface area contributed by atoms with Crippen molar-refractivity contribution < 1.29 is 8.83 Å². The Morgan fingerprint density at radius 3 is 2.18 bits per heavy atom. The average molecular weight is 724 g/mol. The van der Waals surface area contributed by atoms with E-state index in [1.54, 1.807) is 0 Å². The molecule has 0 radical (unpaired) electrons. The molecule has 0 saturated carbocycles. The zero-order valence-electron chi connectivity index (χ0n) is 30.7. The van der Waals surface area contributed by atoms with Crippen molar-refractivity contribution in [3.05, 3.63) is 198 Å². The molecule has 0 aliphatic heterocycles. The maximum atomic E-state index is 6.53. The number of aliphatic imine (C=N–C) groups is 2. The van der Waals surface area contributed by atoms with Crippen LogP contribution in [0.1, 0.15) is 35.3 Å². The fraction of sp³-hybridized carbons (Fsp3) is 0.0588. The molecule has 8 aromatic rings. The first-order valence-electron chi connectivity index (χ1n) is 19.0. The van der Waals surface area contributed by atoms with Crippen molar-refractivity contribution in [3.8, 4) is 11.1 Å². The Kier molecular flexibility index (Phi) is 8.45. The van der Waals surface area contributed by atoms with Gasteiger partial charge < -0.3 is 13.7 Å². The van der Waals surface area contributed by atoms with Gasteiger partial charge in [0.25, 0.3) is 0 Å². The van der Waals surface area contributed by atoms with E-state index in [1.807, 2.05) is 42.5 Å². The van der Waals surface area contributed by atoms with Gasteiger partial charge in [0.15, 0.2) is 5.84 Å². The summed E-state index contributed by atoms with van der Waals surface area (Å²) in [5, 5.41) is 3.12. The second kappa shape index (κ2) is 14.2. The van der Waals surface area contributed by atoms with Gasteiger partial charge in [-0.1, -0.05) is 115 Å². The molecule has 2 aliphatic carbocycles. The molecule has 0 atom stereocenters. The van der Waals surface area contributed by atoms with Gasteiger partial charge in [-0.05, 0) is 90.9 Å². The SMILES string of the molecule is C=NC(=N/C(=C1/C=CC=CC1)c1ccccc1)c1cc(-c2ccc(N(c3ccccc3)c3ccc4c5c(oc4c3)CCC=C5)cc2)cc2oc3ccccc3c12. The molecular weight excluding hydrogens is 687 g/mol. The van der Waals surface area contributed by atoms with Crippen molar-refractivity contribution in [1.29, 1.82) is 0 Å². The summed E-state index contributed by atoms with van der Waals surface area (Å²) in [6.07, 6.45) is 15.5. The first-order valence-corrected chi connectivity index (χ1v) is 19.0. The predicted octanol–water partition coefficient (Wildman–Crippen LogP) is 13.8. The third-order valence-electron chi connectivity index (χ3n) is 10.7. The van der Waals surface area contributed by atoms with Crippen molar-refractivity contribution in [2.45, 2.75) is 19.3 Å².